The Morgan fingerprint density at radius 2 is 1.61 bits per heavy atom. The summed E-state index contributed by atoms with van der Waals surface area (Å²) in [7, 11) is 0. The van der Waals surface area contributed by atoms with Gasteiger partial charge in [0.25, 0.3) is 17.7 Å². The fourth-order valence-electron chi connectivity index (χ4n) is 3.94. The number of hydrogen-bond acceptors (Lipinski definition) is 5. The van der Waals surface area contributed by atoms with E-state index in [1.807, 2.05) is 0 Å². The lowest BCUT2D eigenvalue weighted by Crippen LogP contribution is -2.52. The molecule has 2 aliphatic rings. The van der Waals surface area contributed by atoms with Gasteiger partial charge < -0.3 is 0 Å². The molecular formula is C21H17Br2ClN2O4S. The van der Waals surface area contributed by atoms with Crippen LogP contribution in [0.4, 0.5) is 0 Å². The molecule has 2 fully saturated rings. The summed E-state index contributed by atoms with van der Waals surface area (Å²) < 4.78 is 0. The molecule has 0 spiro atoms. The lowest BCUT2D eigenvalue weighted by Gasteiger charge is -2.30. The second-order valence-electron chi connectivity index (χ2n) is 7.47. The minimum Gasteiger partial charge on any atom is -0.291 e. The minimum absolute atomic E-state index is 0.0404. The quantitative estimate of drug-likeness (QED) is 0.292. The van der Waals surface area contributed by atoms with Gasteiger partial charge in [-0.15, -0.1) is 11.3 Å². The van der Waals surface area contributed by atoms with Gasteiger partial charge in [-0.05, 0) is 48.6 Å². The molecule has 31 heavy (non-hydrogen) atoms. The van der Waals surface area contributed by atoms with Crippen molar-refractivity contribution in [3.63, 3.8) is 0 Å². The highest BCUT2D eigenvalue weighted by Crippen LogP contribution is 2.43. The van der Waals surface area contributed by atoms with Crippen molar-refractivity contribution in [1.82, 2.24) is 10.0 Å². The maximum Gasteiger partial charge on any atom is 0.273 e. The number of halogens is 3. The molecule has 0 unspecified atom stereocenters. The third-order valence-electron chi connectivity index (χ3n) is 5.54. The highest BCUT2D eigenvalue weighted by atomic mass is 79.9. The second kappa shape index (κ2) is 9.13. The van der Waals surface area contributed by atoms with E-state index in [-0.39, 0.29) is 21.0 Å². The standard InChI is InChI=1S/C21H17Br2ClN2O4S/c22-15-8-13-14(9-16(15)23)21(30)26(20(13)29)25(10-17(27)18-2-1-7-31-18)19(28)11-3-5-12(24)6-4-11/h1-7,13-16H,8-10H2/t13-,14+,15+,16-. The minimum atomic E-state index is -0.604. The third-order valence-corrected chi connectivity index (χ3v) is 9.44. The van der Waals surface area contributed by atoms with Crippen LogP contribution in [0.2, 0.25) is 5.02 Å². The van der Waals surface area contributed by atoms with Crippen molar-refractivity contribution in [3.05, 3.63) is 57.2 Å². The molecule has 1 saturated heterocycles. The highest BCUT2D eigenvalue weighted by Gasteiger charge is 2.54. The van der Waals surface area contributed by atoms with Gasteiger partial charge in [0.05, 0.1) is 16.7 Å². The van der Waals surface area contributed by atoms with E-state index < -0.39 is 36.1 Å². The van der Waals surface area contributed by atoms with E-state index in [0.717, 1.165) is 10.0 Å². The van der Waals surface area contributed by atoms with Crippen molar-refractivity contribution in [3.8, 4) is 0 Å². The number of ketones is 1. The molecule has 1 aliphatic carbocycles. The Bertz CT molecular complexity index is 1000. The largest absolute Gasteiger partial charge is 0.291 e. The Kier molecular flexibility index (Phi) is 6.67. The molecule has 1 saturated carbocycles. The molecule has 10 heteroatoms. The average Bonchev–Trinajstić information content (AvgIpc) is 3.36. The SMILES string of the molecule is O=C(CN(C(=O)c1ccc(Cl)cc1)N1C(=O)[C@H]2C[C@@H](Br)[C@@H](Br)C[C@H]2C1=O)c1cccs1. The van der Waals surface area contributed by atoms with E-state index in [1.165, 1.54) is 23.5 Å². The first kappa shape index (κ1) is 22.6. The van der Waals surface area contributed by atoms with Crippen LogP contribution >= 0.6 is 54.8 Å². The van der Waals surface area contributed by atoms with Crippen molar-refractivity contribution in [2.24, 2.45) is 11.8 Å². The van der Waals surface area contributed by atoms with E-state index in [9.17, 15) is 19.2 Å². The molecule has 4 atom stereocenters. The van der Waals surface area contributed by atoms with Crippen LogP contribution in [0.1, 0.15) is 32.9 Å². The Balaban J connectivity index is 1.68. The summed E-state index contributed by atoms with van der Waals surface area (Å²) in [6.07, 6.45) is 0.951. The van der Waals surface area contributed by atoms with Gasteiger partial charge in [0.15, 0.2) is 5.78 Å². The van der Waals surface area contributed by atoms with Gasteiger partial charge in [-0.25, -0.2) is 5.01 Å². The molecule has 0 bridgehead atoms. The van der Waals surface area contributed by atoms with E-state index in [2.05, 4.69) is 31.9 Å². The number of imide groups is 1. The molecule has 1 aromatic carbocycles. The average molecular weight is 589 g/mol. The fourth-order valence-corrected chi connectivity index (χ4v) is 5.96. The summed E-state index contributed by atoms with van der Waals surface area (Å²) in [5.74, 6) is -2.89. The highest BCUT2D eigenvalue weighted by molar-refractivity contribution is 9.12. The van der Waals surface area contributed by atoms with Crippen LogP contribution in [0.15, 0.2) is 41.8 Å². The van der Waals surface area contributed by atoms with Crippen molar-refractivity contribution in [2.45, 2.75) is 22.5 Å². The van der Waals surface area contributed by atoms with Gasteiger partial charge >= 0.3 is 0 Å². The predicted molar refractivity (Wildman–Crippen MR) is 125 cm³/mol. The van der Waals surface area contributed by atoms with Crippen molar-refractivity contribution in [2.75, 3.05) is 6.54 Å². The molecule has 3 amide bonds. The van der Waals surface area contributed by atoms with Crippen LogP contribution in [0.3, 0.4) is 0 Å². The van der Waals surface area contributed by atoms with Crippen molar-refractivity contribution < 1.29 is 19.2 Å². The number of Topliss-reactive ketones (excluding diaryl/α,β-unsaturated/α-hetero) is 1. The molecule has 1 aromatic heterocycles. The summed E-state index contributed by atoms with van der Waals surface area (Å²) in [6, 6.07) is 9.49. The molecule has 1 aliphatic heterocycles. The number of hydrazine groups is 1. The number of benzene rings is 1. The van der Waals surface area contributed by atoms with Gasteiger partial charge in [-0.1, -0.05) is 49.5 Å². The van der Waals surface area contributed by atoms with E-state index in [0.29, 0.717) is 22.7 Å². The van der Waals surface area contributed by atoms with E-state index in [1.54, 1.807) is 29.6 Å². The van der Waals surface area contributed by atoms with Crippen molar-refractivity contribution in [1.29, 1.82) is 0 Å². The summed E-state index contributed by atoms with van der Waals surface area (Å²) in [6.45, 7) is -0.408. The first-order valence-corrected chi connectivity index (χ1v) is 12.7. The van der Waals surface area contributed by atoms with Crippen LogP contribution in [-0.2, 0) is 9.59 Å². The smallest absolute Gasteiger partial charge is 0.273 e. The number of carbonyl (C=O) groups is 4. The Morgan fingerprint density at radius 1 is 1.03 bits per heavy atom. The summed E-state index contributed by atoms with van der Waals surface area (Å²) >= 11 is 14.3. The lowest BCUT2D eigenvalue weighted by molar-refractivity contribution is -0.154. The molecule has 4 rings (SSSR count). The summed E-state index contributed by atoms with van der Waals surface area (Å²) in [5.41, 5.74) is 0.232. The Labute approximate surface area is 204 Å². The first-order chi connectivity index (χ1) is 14.8. The number of fused-ring (bicyclic) bond motifs is 1. The molecular weight excluding hydrogens is 572 g/mol. The number of alkyl halides is 2. The van der Waals surface area contributed by atoms with Crippen LogP contribution in [-0.4, -0.2) is 49.7 Å². The zero-order valence-electron chi connectivity index (χ0n) is 16.0. The van der Waals surface area contributed by atoms with Crippen molar-refractivity contribution >= 4 is 78.3 Å². The molecule has 162 valence electrons. The number of rotatable bonds is 5. The van der Waals surface area contributed by atoms with Crippen LogP contribution in [0, 0.1) is 11.8 Å². The molecule has 2 aromatic rings. The Morgan fingerprint density at radius 3 is 2.13 bits per heavy atom. The fraction of sp³-hybridized carbons (Fsp3) is 0.333. The zero-order chi connectivity index (χ0) is 22.3. The maximum absolute atomic E-state index is 13.3. The zero-order valence-corrected chi connectivity index (χ0v) is 20.8. The van der Waals surface area contributed by atoms with Crippen LogP contribution in [0.25, 0.3) is 0 Å². The van der Waals surface area contributed by atoms with Gasteiger partial charge in [-0.3, -0.25) is 19.2 Å². The van der Waals surface area contributed by atoms with Gasteiger partial charge in [0.1, 0.15) is 6.54 Å². The molecule has 0 N–H and O–H groups in total. The number of hydrogen-bond donors (Lipinski definition) is 0. The third kappa shape index (κ3) is 4.37. The van der Waals surface area contributed by atoms with Crippen LogP contribution < -0.4 is 0 Å². The molecule has 2 heterocycles. The number of carbonyl (C=O) groups excluding carboxylic acids is 4. The normalized spacial score (nSPS) is 25.5. The topological polar surface area (TPSA) is 74.8 Å². The van der Waals surface area contributed by atoms with Gasteiger partial charge in [0.2, 0.25) is 0 Å². The maximum atomic E-state index is 13.3. The van der Waals surface area contributed by atoms with E-state index in [4.69, 9.17) is 11.6 Å². The van der Waals surface area contributed by atoms with E-state index >= 15 is 0 Å². The molecule has 6 nitrogen and oxygen atoms in total. The number of thiophene rings is 1. The number of amides is 3. The van der Waals surface area contributed by atoms with Crippen LogP contribution in [0.5, 0.6) is 0 Å². The number of nitrogens with zero attached hydrogens (tertiary/aromatic N) is 2. The van der Waals surface area contributed by atoms with Gasteiger partial charge in [0, 0.05) is 20.2 Å². The molecule has 0 radical (unpaired) electrons. The Hall–Kier alpha value is -1.55. The summed E-state index contributed by atoms with van der Waals surface area (Å²) in [4.78, 5) is 53.2. The first-order valence-electron chi connectivity index (χ1n) is 9.58. The second-order valence-corrected chi connectivity index (χ2v) is 11.2. The monoisotopic (exact) mass is 586 g/mol. The summed E-state index contributed by atoms with van der Waals surface area (Å²) in [5, 5.41) is 4.08. The van der Waals surface area contributed by atoms with Gasteiger partial charge in [-0.2, -0.15) is 5.01 Å². The predicted octanol–water partition coefficient (Wildman–Crippen LogP) is 4.56. The lowest BCUT2D eigenvalue weighted by atomic mass is 9.81.